The SMILES string of the molecule is C1#CCCCCCCCCCCCCCCOC[C@H](COCc2ccccc2)OCCCCCCCCCCCCCCC#C1. The highest BCUT2D eigenvalue weighted by atomic mass is 16.6. The van der Waals surface area contributed by atoms with E-state index in [9.17, 15) is 0 Å². The fourth-order valence-electron chi connectivity index (χ4n) is 5.97. The van der Waals surface area contributed by atoms with E-state index in [0.29, 0.717) is 19.8 Å². The molecule has 3 nitrogen and oxygen atoms in total. The van der Waals surface area contributed by atoms with Gasteiger partial charge in [0, 0.05) is 26.1 Å². The van der Waals surface area contributed by atoms with Gasteiger partial charge >= 0.3 is 0 Å². The maximum Gasteiger partial charge on any atom is 0.104 e. The summed E-state index contributed by atoms with van der Waals surface area (Å²) in [5.41, 5.74) is 1.21. The quantitative estimate of drug-likeness (QED) is 0.313. The minimum atomic E-state index is 0.0205. The zero-order chi connectivity index (χ0) is 31.6. The summed E-state index contributed by atoms with van der Waals surface area (Å²) in [6.07, 6.45) is 33.9. The highest BCUT2D eigenvalue weighted by molar-refractivity contribution is 5.25. The van der Waals surface area contributed by atoms with E-state index in [-0.39, 0.29) is 6.10 Å². The van der Waals surface area contributed by atoms with Gasteiger partial charge in [0.2, 0.25) is 0 Å². The molecule has 1 atom stereocenters. The Morgan fingerprint density at radius 2 is 0.933 bits per heavy atom. The highest BCUT2D eigenvalue weighted by Crippen LogP contribution is 2.14. The van der Waals surface area contributed by atoms with Gasteiger partial charge in [0.1, 0.15) is 6.10 Å². The molecule has 0 bridgehead atoms. The van der Waals surface area contributed by atoms with E-state index in [1.165, 1.54) is 147 Å². The van der Waals surface area contributed by atoms with Crippen molar-refractivity contribution in [3.8, 4) is 23.7 Å². The van der Waals surface area contributed by atoms with Crippen molar-refractivity contribution in [3.63, 3.8) is 0 Å². The number of benzene rings is 1. The van der Waals surface area contributed by atoms with Crippen molar-refractivity contribution in [1.82, 2.24) is 0 Å². The van der Waals surface area contributed by atoms with E-state index >= 15 is 0 Å². The molecule has 1 heterocycles. The summed E-state index contributed by atoms with van der Waals surface area (Å²) in [4.78, 5) is 0. The summed E-state index contributed by atoms with van der Waals surface area (Å²) in [5, 5.41) is 0. The lowest BCUT2D eigenvalue weighted by atomic mass is 10.0. The molecule has 45 heavy (non-hydrogen) atoms. The minimum Gasteiger partial charge on any atom is -0.379 e. The molecule has 1 aliphatic rings. The van der Waals surface area contributed by atoms with Crippen LogP contribution < -0.4 is 0 Å². The number of rotatable bonds is 4. The molecule has 0 saturated heterocycles. The summed E-state index contributed by atoms with van der Waals surface area (Å²) in [6, 6.07) is 10.4. The fraction of sp³-hybridized carbons (Fsp3) is 0.762. The molecule has 0 saturated carbocycles. The molecule has 2 rings (SSSR count). The Kier molecular flexibility index (Phi) is 28.2. The van der Waals surface area contributed by atoms with Crippen LogP contribution in [0.1, 0.15) is 173 Å². The third-order valence-corrected chi connectivity index (χ3v) is 8.85. The molecule has 1 aromatic carbocycles. The van der Waals surface area contributed by atoms with Crippen LogP contribution in [0.2, 0.25) is 0 Å². The summed E-state index contributed by atoms with van der Waals surface area (Å²) in [6.45, 7) is 3.50. The third kappa shape index (κ3) is 27.1. The molecule has 0 fully saturated rings. The van der Waals surface area contributed by atoms with Crippen molar-refractivity contribution in [2.45, 2.75) is 180 Å². The van der Waals surface area contributed by atoms with Gasteiger partial charge in [-0.3, -0.25) is 0 Å². The van der Waals surface area contributed by atoms with Gasteiger partial charge in [0.15, 0.2) is 0 Å². The van der Waals surface area contributed by atoms with Crippen molar-refractivity contribution in [1.29, 1.82) is 0 Å². The van der Waals surface area contributed by atoms with Gasteiger partial charge in [-0.05, 0) is 43.1 Å². The van der Waals surface area contributed by atoms with E-state index in [2.05, 4.69) is 47.9 Å². The summed E-state index contributed by atoms with van der Waals surface area (Å²) in [5.74, 6) is 12.7. The second kappa shape index (κ2) is 32.2. The Bertz CT molecular complexity index is 874. The minimum absolute atomic E-state index is 0.0205. The van der Waals surface area contributed by atoms with Crippen molar-refractivity contribution >= 4 is 0 Å². The summed E-state index contributed by atoms with van der Waals surface area (Å²) in [7, 11) is 0. The summed E-state index contributed by atoms with van der Waals surface area (Å²) < 4.78 is 18.3. The normalized spacial score (nSPS) is 21.7. The number of hydrogen-bond donors (Lipinski definition) is 0. The van der Waals surface area contributed by atoms with Gasteiger partial charge in [-0.1, -0.05) is 171 Å². The monoisotopic (exact) mass is 621 g/mol. The molecule has 0 radical (unpaired) electrons. The second-order valence-corrected chi connectivity index (χ2v) is 13.2. The predicted octanol–water partition coefficient (Wildman–Crippen LogP) is 11.8. The van der Waals surface area contributed by atoms with Gasteiger partial charge in [0.05, 0.1) is 19.8 Å². The molecule has 254 valence electrons. The molecule has 0 amide bonds. The zero-order valence-electron chi connectivity index (χ0n) is 29.1. The Hall–Kier alpha value is -1.78. The Morgan fingerprint density at radius 1 is 0.511 bits per heavy atom. The molecule has 0 unspecified atom stereocenters. The van der Waals surface area contributed by atoms with Crippen molar-refractivity contribution in [2.24, 2.45) is 0 Å². The van der Waals surface area contributed by atoms with Gasteiger partial charge in [0.25, 0.3) is 0 Å². The molecule has 1 aliphatic heterocycles. The lowest BCUT2D eigenvalue weighted by Crippen LogP contribution is -2.26. The average molecular weight is 621 g/mol. The molecular weight excluding hydrogens is 552 g/mol. The van der Waals surface area contributed by atoms with Crippen LogP contribution in [0, 0.1) is 23.7 Å². The maximum absolute atomic E-state index is 6.25. The van der Waals surface area contributed by atoms with Crippen molar-refractivity contribution in [2.75, 3.05) is 26.4 Å². The van der Waals surface area contributed by atoms with Gasteiger partial charge in [-0.25, -0.2) is 0 Å². The molecule has 0 aromatic heterocycles. The topological polar surface area (TPSA) is 27.7 Å². The number of ether oxygens (including phenoxy) is 3. The molecule has 0 spiro atoms. The highest BCUT2D eigenvalue weighted by Gasteiger charge is 2.10. The van der Waals surface area contributed by atoms with Crippen LogP contribution in [0.25, 0.3) is 0 Å². The van der Waals surface area contributed by atoms with Crippen LogP contribution in [0.3, 0.4) is 0 Å². The van der Waals surface area contributed by atoms with Gasteiger partial charge in [-0.15, -0.1) is 0 Å². The molecule has 1 aromatic rings. The maximum atomic E-state index is 6.25. The largest absolute Gasteiger partial charge is 0.379 e. The smallest absolute Gasteiger partial charge is 0.104 e. The fourth-order valence-corrected chi connectivity index (χ4v) is 5.97. The van der Waals surface area contributed by atoms with Crippen LogP contribution in [0.15, 0.2) is 30.3 Å². The first-order chi connectivity index (χ1) is 22.4. The standard InChI is InChI=1S/C42H68O3/c1-2-4-6-8-10-12-14-16-18-20-22-24-26-28-33-37-45-42(40-44-38-41-34-30-29-31-35-41)39-43-36-32-27-25-23-21-19-17-15-13-11-9-7-5-3-1/h29-31,34-35,42H,5-28,32-33,36-40H2/t42-/m1/s1. The zero-order valence-corrected chi connectivity index (χ0v) is 29.1. The number of hydrogen-bond acceptors (Lipinski definition) is 3. The Labute approximate surface area is 279 Å². The van der Waals surface area contributed by atoms with E-state index in [0.717, 1.165) is 38.9 Å². The van der Waals surface area contributed by atoms with Crippen molar-refractivity contribution < 1.29 is 14.2 Å². The first-order valence-corrected chi connectivity index (χ1v) is 19.2. The van der Waals surface area contributed by atoms with Crippen LogP contribution in [0.5, 0.6) is 0 Å². The van der Waals surface area contributed by atoms with Crippen LogP contribution in [0.4, 0.5) is 0 Å². The Balaban J connectivity index is 1.63. The van der Waals surface area contributed by atoms with Crippen LogP contribution >= 0.6 is 0 Å². The molecule has 0 N–H and O–H groups in total. The lowest BCUT2D eigenvalue weighted by molar-refractivity contribution is -0.0645. The van der Waals surface area contributed by atoms with Crippen LogP contribution in [-0.2, 0) is 20.8 Å². The molecule has 0 aliphatic carbocycles. The second-order valence-electron chi connectivity index (χ2n) is 13.2. The predicted molar refractivity (Wildman–Crippen MR) is 192 cm³/mol. The van der Waals surface area contributed by atoms with Gasteiger partial charge in [-0.2, -0.15) is 0 Å². The van der Waals surface area contributed by atoms with Gasteiger partial charge < -0.3 is 14.2 Å². The van der Waals surface area contributed by atoms with E-state index in [1.54, 1.807) is 0 Å². The summed E-state index contributed by atoms with van der Waals surface area (Å²) >= 11 is 0. The first kappa shape index (κ1) is 39.4. The van der Waals surface area contributed by atoms with Crippen LogP contribution in [-0.4, -0.2) is 32.5 Å². The Morgan fingerprint density at radius 3 is 1.42 bits per heavy atom. The third-order valence-electron chi connectivity index (χ3n) is 8.85. The van der Waals surface area contributed by atoms with E-state index in [1.807, 2.05) is 6.07 Å². The molecule has 3 heteroatoms. The first-order valence-electron chi connectivity index (χ1n) is 19.2. The van der Waals surface area contributed by atoms with Crippen molar-refractivity contribution in [3.05, 3.63) is 35.9 Å². The average Bonchev–Trinajstić information content (AvgIpc) is 3.06. The van der Waals surface area contributed by atoms with E-state index < -0.39 is 0 Å². The van der Waals surface area contributed by atoms with E-state index in [4.69, 9.17) is 14.2 Å². The molecular formula is C42H68O3. The lowest BCUT2D eigenvalue weighted by Gasteiger charge is -2.18.